The van der Waals surface area contributed by atoms with Gasteiger partial charge in [0.05, 0.1) is 22.3 Å². The van der Waals surface area contributed by atoms with Crippen LogP contribution in [0.4, 0.5) is 5.00 Å². The van der Waals surface area contributed by atoms with Gasteiger partial charge in [-0.15, -0.1) is 11.3 Å². The molecule has 0 unspecified atom stereocenters. The van der Waals surface area contributed by atoms with Gasteiger partial charge in [-0.2, -0.15) is 0 Å². The van der Waals surface area contributed by atoms with Gasteiger partial charge in [0.25, 0.3) is 0 Å². The average molecular weight is 396 g/mol. The van der Waals surface area contributed by atoms with Gasteiger partial charge < -0.3 is 10.1 Å². The fourth-order valence-electron chi connectivity index (χ4n) is 2.23. The molecule has 1 aromatic carbocycles. The van der Waals surface area contributed by atoms with Gasteiger partial charge in [0.15, 0.2) is 9.84 Å². The molecule has 1 amide bonds. The summed E-state index contributed by atoms with van der Waals surface area (Å²) in [5.41, 5.74) is 1.67. The summed E-state index contributed by atoms with van der Waals surface area (Å²) in [6.45, 7) is 5.62. The normalized spacial score (nSPS) is 11.2. The summed E-state index contributed by atoms with van der Waals surface area (Å²) in [4.78, 5) is 24.5. The van der Waals surface area contributed by atoms with Crippen LogP contribution in [0.15, 0.2) is 35.2 Å². The number of amides is 1. The lowest BCUT2D eigenvalue weighted by atomic mass is 10.2. The maximum atomic E-state index is 12.3. The smallest absolute Gasteiger partial charge is 0.348 e. The van der Waals surface area contributed by atoms with Crippen molar-refractivity contribution in [2.75, 3.05) is 17.7 Å². The molecule has 8 heteroatoms. The zero-order chi connectivity index (χ0) is 19.3. The van der Waals surface area contributed by atoms with Crippen molar-refractivity contribution in [3.8, 4) is 0 Å². The monoisotopic (exact) mass is 395 g/mol. The lowest BCUT2D eigenvalue weighted by Crippen LogP contribution is -2.17. The maximum Gasteiger partial charge on any atom is 0.348 e. The van der Waals surface area contributed by atoms with Gasteiger partial charge in [-0.1, -0.05) is 17.7 Å². The van der Waals surface area contributed by atoms with E-state index in [1.165, 1.54) is 12.1 Å². The number of rotatable bonds is 7. The number of benzene rings is 1. The Bertz CT molecular complexity index is 898. The summed E-state index contributed by atoms with van der Waals surface area (Å²) in [7, 11) is -3.52. The fraction of sp³-hybridized carbons (Fsp3) is 0.333. The highest BCUT2D eigenvalue weighted by atomic mass is 32.2. The van der Waals surface area contributed by atoms with Gasteiger partial charge in [0.1, 0.15) is 4.88 Å². The summed E-state index contributed by atoms with van der Waals surface area (Å²) in [6.07, 6.45) is -0.165. The molecule has 0 spiro atoms. The molecule has 1 heterocycles. The molecule has 0 atom stereocenters. The van der Waals surface area contributed by atoms with Gasteiger partial charge in [-0.3, -0.25) is 4.79 Å². The third-order valence-corrected chi connectivity index (χ3v) is 6.48. The molecular weight excluding hydrogens is 374 g/mol. The van der Waals surface area contributed by atoms with E-state index in [4.69, 9.17) is 4.74 Å². The second-order valence-electron chi connectivity index (χ2n) is 5.77. The Morgan fingerprint density at radius 3 is 2.42 bits per heavy atom. The van der Waals surface area contributed by atoms with E-state index in [2.05, 4.69) is 5.32 Å². The first kappa shape index (κ1) is 20.1. The molecule has 6 nitrogen and oxygen atoms in total. The molecular formula is C18H21NO5S2. The van der Waals surface area contributed by atoms with E-state index in [0.29, 0.717) is 15.4 Å². The molecule has 0 aliphatic rings. The lowest BCUT2D eigenvalue weighted by molar-refractivity contribution is -0.115. The van der Waals surface area contributed by atoms with E-state index >= 15 is 0 Å². The Balaban J connectivity index is 1.98. The molecule has 1 N–H and O–H groups in total. The zero-order valence-electron chi connectivity index (χ0n) is 14.9. The Labute approximate surface area is 157 Å². The van der Waals surface area contributed by atoms with Crippen LogP contribution in [0, 0.1) is 13.8 Å². The van der Waals surface area contributed by atoms with Gasteiger partial charge in [0.2, 0.25) is 5.91 Å². The number of carbonyl (C=O) groups is 2. The zero-order valence-corrected chi connectivity index (χ0v) is 16.5. The Hall–Kier alpha value is -2.19. The van der Waals surface area contributed by atoms with Crippen molar-refractivity contribution in [1.82, 2.24) is 0 Å². The average Bonchev–Trinajstić information content (AvgIpc) is 2.94. The standard InChI is InChI=1S/C18H21NO5S2/c1-4-24-18(21)17-13(3)11-16(25-17)19-15(20)9-10-26(22,23)14-7-5-12(2)6-8-14/h5-8,11H,4,9-10H2,1-3H3,(H,19,20). The molecule has 26 heavy (non-hydrogen) atoms. The quantitative estimate of drug-likeness (QED) is 0.726. The van der Waals surface area contributed by atoms with Crippen LogP contribution in [0.25, 0.3) is 0 Å². The van der Waals surface area contributed by atoms with Crippen LogP contribution in [0.3, 0.4) is 0 Å². The summed E-state index contributed by atoms with van der Waals surface area (Å²) in [5.74, 6) is -1.13. The van der Waals surface area contributed by atoms with Crippen molar-refractivity contribution in [2.24, 2.45) is 0 Å². The van der Waals surface area contributed by atoms with E-state index < -0.39 is 21.7 Å². The SMILES string of the molecule is CCOC(=O)c1sc(NC(=O)CCS(=O)(=O)c2ccc(C)cc2)cc1C. The van der Waals surface area contributed by atoms with Crippen molar-refractivity contribution in [2.45, 2.75) is 32.1 Å². The van der Waals surface area contributed by atoms with Gasteiger partial charge in [-0.05, 0) is 44.5 Å². The van der Waals surface area contributed by atoms with Gasteiger partial charge in [-0.25, -0.2) is 13.2 Å². The number of sulfone groups is 1. The number of ether oxygens (including phenoxy) is 1. The highest BCUT2D eigenvalue weighted by Crippen LogP contribution is 2.27. The Kier molecular flexibility index (Phi) is 6.55. The molecule has 0 fully saturated rings. The predicted molar refractivity (Wildman–Crippen MR) is 101 cm³/mol. The number of carbonyl (C=O) groups excluding carboxylic acids is 2. The largest absolute Gasteiger partial charge is 0.462 e. The first-order valence-corrected chi connectivity index (χ1v) is 10.6. The van der Waals surface area contributed by atoms with Gasteiger partial charge in [0, 0.05) is 6.42 Å². The Morgan fingerprint density at radius 1 is 1.15 bits per heavy atom. The lowest BCUT2D eigenvalue weighted by Gasteiger charge is -2.05. The number of nitrogens with one attached hydrogen (secondary N) is 1. The van der Waals surface area contributed by atoms with E-state index in [1.54, 1.807) is 32.0 Å². The minimum absolute atomic E-state index is 0.165. The van der Waals surface area contributed by atoms with Crippen molar-refractivity contribution < 1.29 is 22.7 Å². The van der Waals surface area contributed by atoms with Gasteiger partial charge >= 0.3 is 5.97 Å². The fourth-order valence-corrected chi connectivity index (χ4v) is 4.46. The predicted octanol–water partition coefficient (Wildman–Crippen LogP) is 3.34. The van der Waals surface area contributed by atoms with Crippen molar-refractivity contribution >= 4 is 38.1 Å². The number of anilines is 1. The van der Waals surface area contributed by atoms with Crippen LogP contribution >= 0.6 is 11.3 Å². The topological polar surface area (TPSA) is 89.5 Å². The van der Waals surface area contributed by atoms with E-state index in [-0.39, 0.29) is 23.7 Å². The van der Waals surface area contributed by atoms with Crippen LogP contribution in [-0.4, -0.2) is 32.7 Å². The van der Waals surface area contributed by atoms with E-state index in [9.17, 15) is 18.0 Å². The third-order valence-electron chi connectivity index (χ3n) is 3.62. The number of aryl methyl sites for hydroxylation is 2. The molecule has 2 rings (SSSR count). The molecule has 140 valence electrons. The van der Waals surface area contributed by atoms with Crippen LogP contribution in [0.2, 0.25) is 0 Å². The van der Waals surface area contributed by atoms with Crippen LogP contribution in [0.1, 0.15) is 34.1 Å². The minimum Gasteiger partial charge on any atom is -0.462 e. The number of thiophene rings is 1. The summed E-state index contributed by atoms with van der Waals surface area (Å²) >= 11 is 1.11. The highest BCUT2D eigenvalue weighted by Gasteiger charge is 2.18. The van der Waals surface area contributed by atoms with Crippen LogP contribution in [-0.2, 0) is 19.4 Å². The summed E-state index contributed by atoms with van der Waals surface area (Å²) in [6, 6.07) is 8.19. The summed E-state index contributed by atoms with van der Waals surface area (Å²) < 4.78 is 29.5. The first-order valence-electron chi connectivity index (χ1n) is 8.09. The number of hydrogen-bond donors (Lipinski definition) is 1. The van der Waals surface area contributed by atoms with E-state index in [0.717, 1.165) is 16.9 Å². The van der Waals surface area contributed by atoms with Crippen LogP contribution in [0.5, 0.6) is 0 Å². The minimum atomic E-state index is -3.52. The second-order valence-corrected chi connectivity index (χ2v) is 8.93. The van der Waals surface area contributed by atoms with Crippen molar-refractivity contribution in [1.29, 1.82) is 0 Å². The number of hydrogen-bond acceptors (Lipinski definition) is 6. The summed E-state index contributed by atoms with van der Waals surface area (Å²) in [5, 5.41) is 3.13. The molecule has 0 saturated carbocycles. The molecule has 0 saturated heterocycles. The first-order chi connectivity index (χ1) is 12.2. The number of esters is 1. The second kappa shape index (κ2) is 8.46. The molecule has 0 bridgehead atoms. The Morgan fingerprint density at radius 2 is 1.81 bits per heavy atom. The van der Waals surface area contributed by atoms with Crippen molar-refractivity contribution in [3.63, 3.8) is 0 Å². The maximum absolute atomic E-state index is 12.3. The highest BCUT2D eigenvalue weighted by molar-refractivity contribution is 7.91. The molecule has 0 radical (unpaired) electrons. The van der Waals surface area contributed by atoms with Crippen molar-refractivity contribution in [3.05, 3.63) is 46.3 Å². The molecule has 0 aliphatic heterocycles. The molecule has 0 aliphatic carbocycles. The van der Waals surface area contributed by atoms with Crippen LogP contribution < -0.4 is 5.32 Å². The molecule has 2 aromatic rings. The third kappa shape index (κ3) is 5.15. The van der Waals surface area contributed by atoms with E-state index in [1.807, 2.05) is 6.92 Å². The molecule has 1 aromatic heterocycles.